The first kappa shape index (κ1) is 90.0. The van der Waals surface area contributed by atoms with Crippen molar-refractivity contribution in [3.05, 3.63) is 237 Å². The predicted molar refractivity (Wildman–Crippen MR) is 332 cm³/mol. The van der Waals surface area contributed by atoms with Gasteiger partial charge in [-0.15, -0.1) is 0 Å². The van der Waals surface area contributed by atoms with E-state index in [1.807, 2.05) is 19.1 Å². The summed E-state index contributed by atoms with van der Waals surface area (Å²) in [5, 5.41) is -0.0116. The summed E-state index contributed by atoms with van der Waals surface area (Å²) >= 11 is 3.05. The van der Waals surface area contributed by atoms with Crippen LogP contribution >= 0.6 is 27.7 Å². The van der Waals surface area contributed by atoms with Gasteiger partial charge in [0.05, 0.1) is 0 Å². The molecule has 1 unspecified atom stereocenters. The quantitative estimate of drug-likeness (QED) is 0.0804. The maximum absolute atomic E-state index is 12.1. The Labute approximate surface area is 576 Å². The number of hydrogen-bond acceptors (Lipinski definition) is 14. The Balaban J connectivity index is 0.000000570. The van der Waals surface area contributed by atoms with E-state index in [2.05, 4.69) is 80.0 Å². The molecular weight excluding hydrogens is 1490 g/mol. The average molecular weight is 1550 g/mol. The van der Waals surface area contributed by atoms with E-state index in [4.69, 9.17) is 0 Å². The third kappa shape index (κ3) is 44.0. The molecule has 0 radical (unpaired) electrons. The van der Waals surface area contributed by atoms with Crippen LogP contribution in [0.5, 0.6) is 17.6 Å². The third-order valence-corrected chi connectivity index (χ3v) is 11.7. The number of ether oxygens (including phenoxy) is 3. The molecule has 9 aromatic rings. The molecule has 101 heavy (non-hydrogen) atoms. The van der Waals surface area contributed by atoms with Gasteiger partial charge >= 0.3 is 43.0 Å². The van der Waals surface area contributed by atoms with Crippen molar-refractivity contribution < 1.29 is 111 Å². The van der Waals surface area contributed by atoms with Crippen LogP contribution in [0.25, 0.3) is 0 Å². The van der Waals surface area contributed by atoms with Gasteiger partial charge in [0.25, 0.3) is 6.43 Å². The maximum atomic E-state index is 12.1. The van der Waals surface area contributed by atoms with Crippen molar-refractivity contribution in [3.63, 3.8) is 0 Å². The van der Waals surface area contributed by atoms with Gasteiger partial charge in [0, 0.05) is 90.9 Å². The number of hydrogen-bond donors (Lipinski definition) is 0. The topological polar surface area (TPSA) is 157 Å². The van der Waals surface area contributed by atoms with Crippen LogP contribution in [0.1, 0.15) is 86.6 Å². The molecule has 9 aromatic heterocycles. The number of aromatic nitrogens is 10. The first-order valence-corrected chi connectivity index (χ1v) is 29.6. The number of nitrogens with zero attached hydrogens (tertiary/aromatic N) is 10. The Morgan fingerprint density at radius 3 is 1.17 bits per heavy atom. The Hall–Kier alpha value is -9.03. The highest BCUT2D eigenvalue weighted by Gasteiger charge is 2.39. The van der Waals surface area contributed by atoms with Crippen molar-refractivity contribution in [3.8, 4) is 17.6 Å². The molecule has 552 valence electrons. The van der Waals surface area contributed by atoms with Crippen molar-refractivity contribution in [1.29, 1.82) is 0 Å². The molecule has 0 saturated heterocycles. The zero-order valence-corrected chi connectivity index (χ0v) is 56.7. The second kappa shape index (κ2) is 42.9. The summed E-state index contributed by atoms with van der Waals surface area (Å²) in [6, 6.07) is 27.3. The molecule has 0 spiro atoms. The fraction of sp³-hybridized carbons (Fsp3) is 0.312. The predicted octanol–water partition coefficient (Wildman–Crippen LogP) is 21.1. The van der Waals surface area contributed by atoms with Gasteiger partial charge in [-0.1, -0.05) is 6.07 Å². The van der Waals surface area contributed by atoms with Crippen LogP contribution in [0.3, 0.4) is 0 Å². The lowest BCUT2D eigenvalue weighted by Crippen LogP contribution is -2.31. The molecule has 0 bridgehead atoms. The molecule has 0 aromatic carbocycles. The second-order valence-corrected chi connectivity index (χ2v) is 21.8. The first-order valence-electron chi connectivity index (χ1n) is 28.0. The lowest BCUT2D eigenvalue weighted by Gasteiger charge is -2.16. The normalized spacial score (nSPS) is 11.4. The van der Waals surface area contributed by atoms with Gasteiger partial charge in [-0.05, 0) is 209 Å². The monoisotopic (exact) mass is 1550 g/mol. The van der Waals surface area contributed by atoms with Crippen LogP contribution in [-0.4, -0.2) is 87.0 Å². The zero-order chi connectivity index (χ0) is 77.1. The smallest absolute Gasteiger partial charge is 0.451 e. The van der Waals surface area contributed by atoms with E-state index in [1.54, 1.807) is 78.1 Å². The molecule has 0 fully saturated rings. The Bertz CT molecular complexity index is 3700. The Morgan fingerprint density at radius 2 is 0.822 bits per heavy atom. The summed E-state index contributed by atoms with van der Waals surface area (Å²) in [5.41, 5.74) is 0.455. The largest absolute Gasteiger partial charge is 0.468 e. The van der Waals surface area contributed by atoms with Crippen molar-refractivity contribution in [2.75, 3.05) is 6.61 Å². The van der Waals surface area contributed by atoms with Crippen LogP contribution in [0.15, 0.2) is 168 Å². The van der Waals surface area contributed by atoms with E-state index >= 15 is 0 Å². The number of thioether (sulfide) groups is 1. The van der Waals surface area contributed by atoms with Gasteiger partial charge in [-0.3, -0.25) is 9.97 Å². The summed E-state index contributed by atoms with van der Waals surface area (Å²) in [4.78, 5) is 34.7. The first-order chi connectivity index (χ1) is 46.5. The van der Waals surface area contributed by atoms with E-state index in [9.17, 15) is 96.6 Å². The highest BCUT2D eigenvalue weighted by molar-refractivity contribution is 9.10. The van der Waals surface area contributed by atoms with Gasteiger partial charge in [-0.25, -0.2) is 48.7 Å². The minimum absolute atomic E-state index is 0.00248. The average Bonchev–Trinajstić information content (AvgIpc) is 0.880. The molecular formula is C64H61BrF22N10O3S. The minimum Gasteiger partial charge on any atom is -0.468 e. The van der Waals surface area contributed by atoms with Gasteiger partial charge in [0.15, 0.2) is 12.7 Å². The zero-order valence-electron chi connectivity index (χ0n) is 54.2. The molecule has 0 aliphatic rings. The standard InChI is InChI=1S/C9H10F3NO.C8H8F3NO.C7H6F3NS.2C7H6F3N.C7H7F2NO.C7H7F2N.C6H6BrN.C6H5F3N2/c1-6-3-4-13-8(5-6)14-7(2)9(10,11)12;1-6-2-3-12-7(4-6)13-5-8(9,10)11;1-5-2-3-11-6(4-5)12-7(8,9)10;1-5-2-3-11-6(4-5)7(8,9)10;1-5-3-2-4-6(11-5)7(8,9)10;1-5-2-3-10-6(4-5)11-7(8)9;1-5-2-3-10-6(4-5)7(8)9;1-5-2-3-8-6(7)4-5;1-4-2-3-10-5(11-4)6(7,8)9/h3-5,7H,1-2H3;2-4H,5H2,1H3;2-4H,1H3;2*2-4H,1H3;2-4,7H,1H3;2-4,7H,1H3;2-4H,1H3;2-3H,1H3. The van der Waals surface area contributed by atoms with E-state index in [0.717, 1.165) is 63.9 Å². The molecule has 9 heterocycles. The Morgan fingerprint density at radius 1 is 0.406 bits per heavy atom. The van der Waals surface area contributed by atoms with Crippen molar-refractivity contribution in [1.82, 2.24) is 49.8 Å². The van der Waals surface area contributed by atoms with Gasteiger partial charge in [0.2, 0.25) is 23.5 Å². The molecule has 13 nitrogen and oxygen atoms in total. The lowest BCUT2D eigenvalue weighted by molar-refractivity contribution is -0.190. The van der Waals surface area contributed by atoms with Crippen LogP contribution < -0.4 is 14.2 Å². The molecule has 0 saturated carbocycles. The number of pyridine rings is 8. The van der Waals surface area contributed by atoms with Crippen molar-refractivity contribution in [2.45, 2.75) is 130 Å². The highest BCUT2D eigenvalue weighted by Crippen LogP contribution is 2.36. The molecule has 0 aliphatic heterocycles. The lowest BCUT2D eigenvalue weighted by atomic mass is 10.2. The van der Waals surface area contributed by atoms with Gasteiger partial charge in [-0.2, -0.15) is 87.8 Å². The summed E-state index contributed by atoms with van der Waals surface area (Å²) < 4.78 is 275. The van der Waals surface area contributed by atoms with Gasteiger partial charge in [0.1, 0.15) is 26.7 Å². The molecule has 9 rings (SSSR count). The van der Waals surface area contributed by atoms with E-state index in [1.165, 1.54) is 105 Å². The Kier molecular flexibility index (Phi) is 38.2. The molecule has 1 atom stereocenters. The van der Waals surface area contributed by atoms with Crippen LogP contribution in [0, 0.1) is 62.3 Å². The second-order valence-electron chi connectivity index (χ2n) is 19.9. The number of halogens is 23. The third-order valence-electron chi connectivity index (χ3n) is 10.6. The highest BCUT2D eigenvalue weighted by atomic mass is 79.9. The van der Waals surface area contributed by atoms with E-state index in [0.29, 0.717) is 17.0 Å². The number of rotatable bonds is 8. The van der Waals surface area contributed by atoms with Crippen molar-refractivity contribution >= 4 is 27.7 Å². The summed E-state index contributed by atoms with van der Waals surface area (Å²) in [7, 11) is 0. The fourth-order valence-electron chi connectivity index (χ4n) is 6.07. The number of aryl methyl sites for hydroxylation is 9. The molecule has 37 heteroatoms. The van der Waals surface area contributed by atoms with E-state index in [-0.39, 0.29) is 40.1 Å². The van der Waals surface area contributed by atoms with Gasteiger partial charge < -0.3 is 14.2 Å². The van der Waals surface area contributed by atoms with Crippen LogP contribution in [0.2, 0.25) is 0 Å². The maximum Gasteiger partial charge on any atom is 0.451 e. The van der Waals surface area contributed by atoms with Crippen molar-refractivity contribution in [2.24, 2.45) is 0 Å². The number of alkyl halides is 22. The summed E-state index contributed by atoms with van der Waals surface area (Å²) in [6.07, 6.45) is -15.1. The van der Waals surface area contributed by atoms with E-state index < -0.39 is 79.3 Å². The molecule has 0 amide bonds. The fourth-order valence-corrected chi connectivity index (χ4v) is 7.14. The van der Waals surface area contributed by atoms with Crippen LogP contribution in [0.4, 0.5) is 96.6 Å². The SMILES string of the molecule is Cc1cccc(C(F)(F)F)n1.Cc1ccnc(Br)c1.Cc1ccnc(C(F)(F)F)c1.Cc1ccnc(C(F)(F)F)n1.Cc1ccnc(C(F)F)c1.Cc1ccnc(OC(C)C(F)(F)F)c1.Cc1ccnc(OC(F)F)c1.Cc1ccnc(OCC(F)(F)F)c1.Cc1ccnc(SC(F)(F)F)c1. The minimum atomic E-state index is -4.44. The van der Waals surface area contributed by atoms with Crippen LogP contribution in [-0.2, 0) is 18.5 Å². The summed E-state index contributed by atoms with van der Waals surface area (Å²) in [5.74, 6) is -1.13. The molecule has 0 N–H and O–H groups in total. The summed E-state index contributed by atoms with van der Waals surface area (Å²) in [6.45, 7) is 12.2. The molecule has 0 aliphatic carbocycles.